The van der Waals surface area contributed by atoms with Crippen LogP contribution in [0.25, 0.3) is 5.52 Å². The van der Waals surface area contributed by atoms with E-state index in [4.69, 9.17) is 18.6 Å². The Kier molecular flexibility index (Phi) is 15.8. The molecule has 2 aromatic heterocycles. The minimum Gasteiger partial charge on any atom is -0.444 e. The third kappa shape index (κ3) is 12.5. The van der Waals surface area contributed by atoms with Crippen LogP contribution < -0.4 is 21.0 Å². The van der Waals surface area contributed by atoms with Crippen LogP contribution in [0.4, 0.5) is 28.2 Å². The van der Waals surface area contributed by atoms with E-state index < -0.39 is 44.8 Å². The third-order valence-corrected chi connectivity index (χ3v) is 15.3. The molecule has 0 saturated carbocycles. The van der Waals surface area contributed by atoms with Crippen LogP contribution in [0.3, 0.4) is 0 Å². The fourth-order valence-electron chi connectivity index (χ4n) is 7.78. The molecule has 0 spiro atoms. The van der Waals surface area contributed by atoms with E-state index in [2.05, 4.69) is 96.9 Å². The number of alkyl halides is 4. The van der Waals surface area contributed by atoms with Crippen LogP contribution in [0.2, 0.25) is 5.04 Å². The van der Waals surface area contributed by atoms with Gasteiger partial charge in [-0.3, -0.25) is 0 Å². The second-order valence-electron chi connectivity index (χ2n) is 17.2. The van der Waals surface area contributed by atoms with Gasteiger partial charge in [0.25, 0.3) is 8.32 Å². The largest absolute Gasteiger partial charge is 0.444 e. The summed E-state index contributed by atoms with van der Waals surface area (Å²) in [5.74, 6) is 5.52. The lowest BCUT2D eigenvalue weighted by atomic mass is 9.88. The van der Waals surface area contributed by atoms with Gasteiger partial charge in [-0.15, -0.1) is 0 Å². The molecule has 15 heteroatoms. The zero-order valence-electron chi connectivity index (χ0n) is 35.7. The zero-order valence-corrected chi connectivity index (χ0v) is 36.7. The van der Waals surface area contributed by atoms with Crippen LogP contribution in [0, 0.1) is 17.8 Å². The Balaban J connectivity index is 1.18. The predicted octanol–water partition coefficient (Wildman–Crippen LogP) is 7.00. The van der Waals surface area contributed by atoms with E-state index in [0.29, 0.717) is 51.8 Å². The van der Waals surface area contributed by atoms with Crippen molar-refractivity contribution in [3.8, 4) is 11.8 Å². The van der Waals surface area contributed by atoms with Gasteiger partial charge in [-0.05, 0) is 73.6 Å². The molecule has 60 heavy (non-hydrogen) atoms. The molecular formula is C45H59F4N5O5Si. The van der Waals surface area contributed by atoms with Crippen LogP contribution in [-0.2, 0) is 25.1 Å². The molecule has 0 bridgehead atoms. The molecule has 1 aliphatic heterocycles. The highest BCUT2D eigenvalue weighted by Gasteiger charge is 2.50. The molecule has 5 rings (SSSR count). The van der Waals surface area contributed by atoms with E-state index in [1.54, 1.807) is 32.9 Å². The smallest absolute Gasteiger partial charge is 0.408 e. The number of amides is 1. The van der Waals surface area contributed by atoms with Gasteiger partial charge >= 0.3 is 12.3 Å². The zero-order chi connectivity index (χ0) is 43.6. The maximum atomic E-state index is 15.8. The van der Waals surface area contributed by atoms with E-state index in [-0.39, 0.29) is 40.8 Å². The minimum absolute atomic E-state index is 0.0885. The van der Waals surface area contributed by atoms with Gasteiger partial charge in [0.1, 0.15) is 23.3 Å². The van der Waals surface area contributed by atoms with Gasteiger partial charge in [-0.1, -0.05) is 93.4 Å². The number of ether oxygens (including phenoxy) is 3. The molecule has 2 N–H and O–H groups in total. The van der Waals surface area contributed by atoms with Gasteiger partial charge in [-0.2, -0.15) is 18.3 Å². The lowest BCUT2D eigenvalue weighted by Gasteiger charge is -2.43. The Morgan fingerprint density at radius 2 is 1.47 bits per heavy atom. The SMILES string of the molecule is CN1C[C@H](CCOCCOCCO[Si](c2ccccc2)(c2ccccc2)C(C)(C)C)[C@@H](Nc2cccc3c(CC(F)(F)F)c(C#CCNC(=O)OC(C)(C)C)nn23)[C@@H](F)C1. The van der Waals surface area contributed by atoms with Gasteiger partial charge in [-0.25, -0.2) is 13.7 Å². The number of rotatable bonds is 16. The quantitative estimate of drug-likeness (QED) is 0.0539. The van der Waals surface area contributed by atoms with Gasteiger partial charge in [0, 0.05) is 25.3 Å². The van der Waals surface area contributed by atoms with Crippen molar-refractivity contribution in [1.82, 2.24) is 19.8 Å². The number of nitrogens with one attached hydrogen (secondary N) is 2. The highest BCUT2D eigenvalue weighted by molar-refractivity contribution is 6.99. The summed E-state index contributed by atoms with van der Waals surface area (Å²) >= 11 is 0. The van der Waals surface area contributed by atoms with Crippen LogP contribution in [0.5, 0.6) is 0 Å². The second kappa shape index (κ2) is 20.4. The second-order valence-corrected chi connectivity index (χ2v) is 21.5. The summed E-state index contributed by atoms with van der Waals surface area (Å²) in [5, 5.41) is 12.5. The number of pyridine rings is 1. The lowest BCUT2D eigenvalue weighted by Crippen LogP contribution is -2.66. The molecule has 2 aromatic carbocycles. The van der Waals surface area contributed by atoms with Crippen molar-refractivity contribution in [2.75, 3.05) is 65.0 Å². The number of nitrogens with zero attached hydrogens (tertiary/aromatic N) is 3. The number of alkyl carbamates (subject to hydrolysis) is 1. The predicted molar refractivity (Wildman–Crippen MR) is 229 cm³/mol. The number of carbonyl (C=O) groups excluding carboxylic acids is 1. The number of hydrogen-bond acceptors (Lipinski definition) is 8. The summed E-state index contributed by atoms with van der Waals surface area (Å²) in [6, 6.07) is 25.0. The summed E-state index contributed by atoms with van der Waals surface area (Å²) in [5.41, 5.74) is -0.727. The number of anilines is 1. The Hall–Kier alpha value is -4.46. The molecule has 0 radical (unpaired) electrons. The minimum atomic E-state index is -4.54. The molecule has 1 amide bonds. The Morgan fingerprint density at radius 3 is 2.07 bits per heavy atom. The Labute approximate surface area is 352 Å². The summed E-state index contributed by atoms with van der Waals surface area (Å²) < 4.78 is 82.5. The molecule has 0 aliphatic carbocycles. The van der Waals surface area contributed by atoms with Gasteiger partial charge in [0.15, 0.2) is 0 Å². The summed E-state index contributed by atoms with van der Waals surface area (Å²) in [6.45, 7) is 14.4. The fourth-order valence-corrected chi connectivity index (χ4v) is 12.3. The first kappa shape index (κ1) is 46.6. The van der Waals surface area contributed by atoms with Crippen molar-refractivity contribution in [3.63, 3.8) is 0 Å². The first-order valence-electron chi connectivity index (χ1n) is 20.4. The number of carbonyl (C=O) groups is 1. The first-order chi connectivity index (χ1) is 28.4. The number of benzene rings is 2. The Morgan fingerprint density at radius 1 is 0.850 bits per heavy atom. The number of fused-ring (bicyclic) bond motifs is 1. The summed E-state index contributed by atoms with van der Waals surface area (Å²) in [6.07, 6.45) is -7.24. The van der Waals surface area contributed by atoms with E-state index in [1.807, 2.05) is 24.1 Å². The number of piperidine rings is 1. The molecule has 10 nitrogen and oxygen atoms in total. The van der Waals surface area contributed by atoms with Gasteiger partial charge < -0.3 is 34.2 Å². The van der Waals surface area contributed by atoms with Crippen LogP contribution >= 0.6 is 0 Å². The van der Waals surface area contributed by atoms with E-state index in [9.17, 15) is 18.0 Å². The van der Waals surface area contributed by atoms with Crippen LogP contribution in [-0.4, -0.2) is 113 Å². The number of aromatic nitrogens is 2. The molecular weight excluding hydrogens is 795 g/mol. The highest BCUT2D eigenvalue weighted by Crippen LogP contribution is 2.37. The molecule has 1 saturated heterocycles. The van der Waals surface area contributed by atoms with E-state index in [1.165, 1.54) is 21.0 Å². The van der Waals surface area contributed by atoms with E-state index >= 15 is 4.39 Å². The van der Waals surface area contributed by atoms with Gasteiger partial charge in [0.2, 0.25) is 0 Å². The average molecular weight is 854 g/mol. The molecule has 3 atom stereocenters. The first-order valence-corrected chi connectivity index (χ1v) is 22.3. The Bertz CT molecular complexity index is 2000. The van der Waals surface area contributed by atoms with Crippen molar-refractivity contribution in [2.24, 2.45) is 5.92 Å². The third-order valence-electron chi connectivity index (χ3n) is 10.3. The highest BCUT2D eigenvalue weighted by atomic mass is 28.4. The van der Waals surface area contributed by atoms with E-state index in [0.717, 1.165) is 0 Å². The van der Waals surface area contributed by atoms with Crippen LogP contribution in [0.1, 0.15) is 59.2 Å². The molecule has 3 heterocycles. The van der Waals surface area contributed by atoms with Crippen molar-refractivity contribution in [3.05, 3.63) is 90.1 Å². The molecule has 0 unspecified atom stereocenters. The van der Waals surface area contributed by atoms with Gasteiger partial charge in [0.05, 0.1) is 51.0 Å². The number of hydrogen-bond donors (Lipinski definition) is 2. The number of halogens is 4. The number of likely N-dealkylation sites (tertiary alicyclic amines) is 1. The fraction of sp³-hybridized carbons (Fsp3) is 0.511. The van der Waals surface area contributed by atoms with Crippen molar-refractivity contribution < 1.29 is 41.0 Å². The van der Waals surface area contributed by atoms with Crippen molar-refractivity contribution in [1.29, 1.82) is 0 Å². The lowest BCUT2D eigenvalue weighted by molar-refractivity contribution is -0.127. The molecule has 4 aromatic rings. The summed E-state index contributed by atoms with van der Waals surface area (Å²) in [7, 11) is -0.803. The topological polar surface area (TPSA) is 98.6 Å². The summed E-state index contributed by atoms with van der Waals surface area (Å²) in [4.78, 5) is 13.9. The van der Waals surface area contributed by atoms with Crippen molar-refractivity contribution in [2.45, 2.75) is 83.4 Å². The average Bonchev–Trinajstić information content (AvgIpc) is 3.51. The molecule has 1 aliphatic rings. The molecule has 1 fully saturated rings. The standard InChI is InChI=1S/C45H59F4N5O5Si/c1-43(2,3)59-42(55)50-24-15-20-38-36(30-45(47,48)49)39-21-14-22-40(54(39)52-38)51-41-33(31-53(7)32-37(41)46)23-25-56-26-27-57-28-29-58-60(44(4,5)6,34-16-10-8-11-17-34)35-18-12-9-13-19-35/h8-14,16-19,21-22,33,37,41,51H,23-32H2,1-7H3,(H,50,55)/t33-,37-,41+/m0/s1. The maximum absolute atomic E-state index is 15.8. The van der Waals surface area contributed by atoms with Crippen molar-refractivity contribution >= 4 is 36.1 Å². The monoisotopic (exact) mass is 853 g/mol. The normalized spacial score (nSPS) is 17.9. The maximum Gasteiger partial charge on any atom is 0.408 e. The van der Waals surface area contributed by atoms with Crippen LogP contribution in [0.15, 0.2) is 78.9 Å². The molecule has 326 valence electrons.